The molecule has 2 aliphatic rings. The number of hydrogen-bond donors (Lipinski definition) is 1. The first-order chi connectivity index (χ1) is 11.7. The highest BCUT2D eigenvalue weighted by molar-refractivity contribution is 5.79. The lowest BCUT2D eigenvalue weighted by molar-refractivity contribution is -0.159. The SMILES string of the molecule is CCOC(=O)C12CCN(C(=O)OCc3ccccc3)CC1CNC2. The van der Waals surface area contributed by atoms with Crippen LogP contribution in [0.3, 0.4) is 0 Å². The van der Waals surface area contributed by atoms with Crippen molar-refractivity contribution in [2.24, 2.45) is 11.3 Å². The highest BCUT2D eigenvalue weighted by Crippen LogP contribution is 2.40. The number of fused-ring (bicyclic) bond motifs is 1. The van der Waals surface area contributed by atoms with Gasteiger partial charge in [-0.25, -0.2) is 4.79 Å². The summed E-state index contributed by atoms with van der Waals surface area (Å²) in [5.74, 6) is -0.0631. The number of ether oxygens (including phenoxy) is 2. The number of piperidine rings is 1. The van der Waals surface area contributed by atoms with Gasteiger partial charge in [0.05, 0.1) is 12.0 Å². The molecule has 2 saturated heterocycles. The molecule has 2 aliphatic heterocycles. The van der Waals surface area contributed by atoms with Crippen LogP contribution in [0.4, 0.5) is 4.79 Å². The summed E-state index contributed by atoms with van der Waals surface area (Å²) in [5, 5.41) is 3.28. The first kappa shape index (κ1) is 16.8. The molecule has 0 aromatic heterocycles. The van der Waals surface area contributed by atoms with Gasteiger partial charge in [0.15, 0.2) is 0 Å². The van der Waals surface area contributed by atoms with Crippen LogP contribution in [0.5, 0.6) is 0 Å². The van der Waals surface area contributed by atoms with Crippen LogP contribution < -0.4 is 5.32 Å². The fourth-order valence-electron chi connectivity index (χ4n) is 3.62. The van der Waals surface area contributed by atoms with Crippen molar-refractivity contribution < 1.29 is 19.1 Å². The Bertz CT molecular complexity index is 592. The van der Waals surface area contributed by atoms with Gasteiger partial charge in [0, 0.05) is 32.1 Å². The molecule has 6 heteroatoms. The minimum absolute atomic E-state index is 0.0783. The van der Waals surface area contributed by atoms with Crippen LogP contribution in [-0.2, 0) is 20.9 Å². The van der Waals surface area contributed by atoms with Crippen LogP contribution in [0.15, 0.2) is 30.3 Å². The summed E-state index contributed by atoms with van der Waals surface area (Å²) in [7, 11) is 0. The number of nitrogens with zero attached hydrogens (tertiary/aromatic N) is 1. The van der Waals surface area contributed by atoms with E-state index in [1.165, 1.54) is 0 Å². The summed E-state index contributed by atoms with van der Waals surface area (Å²) in [6.45, 7) is 4.87. The number of carbonyl (C=O) groups excluding carboxylic acids is 2. The lowest BCUT2D eigenvalue weighted by Crippen LogP contribution is -2.53. The third kappa shape index (κ3) is 3.24. The van der Waals surface area contributed by atoms with Crippen molar-refractivity contribution in [3.8, 4) is 0 Å². The minimum Gasteiger partial charge on any atom is -0.466 e. The predicted molar refractivity (Wildman–Crippen MR) is 88.2 cm³/mol. The topological polar surface area (TPSA) is 67.9 Å². The van der Waals surface area contributed by atoms with Gasteiger partial charge in [0.1, 0.15) is 6.61 Å². The van der Waals surface area contributed by atoms with Gasteiger partial charge in [-0.15, -0.1) is 0 Å². The van der Waals surface area contributed by atoms with Gasteiger partial charge in [-0.05, 0) is 18.9 Å². The van der Waals surface area contributed by atoms with Crippen molar-refractivity contribution >= 4 is 12.1 Å². The molecule has 0 saturated carbocycles. The largest absolute Gasteiger partial charge is 0.466 e. The molecule has 2 fully saturated rings. The van der Waals surface area contributed by atoms with Crippen LogP contribution in [0, 0.1) is 11.3 Å². The first-order valence-corrected chi connectivity index (χ1v) is 8.49. The van der Waals surface area contributed by atoms with Gasteiger partial charge in [0.25, 0.3) is 0 Å². The Kier molecular flexibility index (Phi) is 5.04. The van der Waals surface area contributed by atoms with Crippen LogP contribution >= 0.6 is 0 Å². The Morgan fingerprint density at radius 2 is 2.08 bits per heavy atom. The lowest BCUT2D eigenvalue weighted by Gasteiger charge is -2.41. The van der Waals surface area contributed by atoms with E-state index in [1.807, 2.05) is 37.3 Å². The number of rotatable bonds is 4. The fraction of sp³-hybridized carbons (Fsp3) is 0.556. The number of amides is 1. The molecule has 0 aliphatic carbocycles. The number of nitrogens with one attached hydrogen (secondary N) is 1. The number of benzene rings is 1. The molecule has 2 heterocycles. The first-order valence-electron chi connectivity index (χ1n) is 8.49. The molecule has 130 valence electrons. The second-order valence-electron chi connectivity index (χ2n) is 6.44. The molecule has 1 N–H and O–H groups in total. The van der Waals surface area contributed by atoms with Crippen molar-refractivity contribution in [3.05, 3.63) is 35.9 Å². The number of esters is 1. The highest BCUT2D eigenvalue weighted by Gasteiger charge is 2.53. The molecule has 1 amide bonds. The van der Waals surface area contributed by atoms with Crippen LogP contribution in [0.25, 0.3) is 0 Å². The van der Waals surface area contributed by atoms with E-state index in [0.717, 1.165) is 12.1 Å². The second kappa shape index (κ2) is 7.21. The van der Waals surface area contributed by atoms with E-state index in [-0.39, 0.29) is 24.6 Å². The summed E-state index contributed by atoms with van der Waals surface area (Å²) in [6.07, 6.45) is 0.299. The lowest BCUT2D eigenvalue weighted by atomic mass is 9.72. The Morgan fingerprint density at radius 3 is 2.83 bits per heavy atom. The molecule has 2 unspecified atom stereocenters. The summed E-state index contributed by atoms with van der Waals surface area (Å²) in [5.41, 5.74) is 0.470. The third-order valence-corrected chi connectivity index (χ3v) is 5.03. The number of carbonyl (C=O) groups is 2. The molecule has 1 aromatic carbocycles. The van der Waals surface area contributed by atoms with E-state index < -0.39 is 5.41 Å². The van der Waals surface area contributed by atoms with E-state index >= 15 is 0 Å². The van der Waals surface area contributed by atoms with Crippen molar-refractivity contribution in [1.29, 1.82) is 0 Å². The second-order valence-corrected chi connectivity index (χ2v) is 6.44. The Morgan fingerprint density at radius 1 is 1.29 bits per heavy atom. The maximum atomic E-state index is 12.4. The minimum atomic E-state index is -0.494. The van der Waals surface area contributed by atoms with Crippen molar-refractivity contribution in [3.63, 3.8) is 0 Å². The third-order valence-electron chi connectivity index (χ3n) is 5.03. The zero-order valence-electron chi connectivity index (χ0n) is 14.0. The molecule has 1 aromatic rings. The van der Waals surface area contributed by atoms with Gasteiger partial charge < -0.3 is 19.7 Å². The molecule has 3 rings (SSSR count). The standard InChI is InChI=1S/C18H24N2O4/c1-2-23-16(21)18-8-9-20(11-15(18)10-19-13-18)17(22)24-12-14-6-4-3-5-7-14/h3-7,15,19H,2,8-13H2,1H3. The fourth-order valence-corrected chi connectivity index (χ4v) is 3.62. The molecule has 0 spiro atoms. The molecule has 6 nitrogen and oxygen atoms in total. The smallest absolute Gasteiger partial charge is 0.410 e. The zero-order chi connectivity index (χ0) is 17.0. The van der Waals surface area contributed by atoms with Crippen LogP contribution in [-0.4, -0.2) is 49.7 Å². The summed E-state index contributed by atoms with van der Waals surface area (Å²) in [4.78, 5) is 26.4. The molecule has 0 radical (unpaired) electrons. The Labute approximate surface area is 142 Å². The average molecular weight is 332 g/mol. The molecular formula is C18H24N2O4. The van der Waals surface area contributed by atoms with Gasteiger partial charge in [-0.1, -0.05) is 30.3 Å². The number of hydrogen-bond acceptors (Lipinski definition) is 5. The number of likely N-dealkylation sites (tertiary alicyclic amines) is 1. The van der Waals surface area contributed by atoms with E-state index in [1.54, 1.807) is 4.90 Å². The molecule has 0 bridgehead atoms. The average Bonchev–Trinajstić information content (AvgIpc) is 3.05. The molecule has 2 atom stereocenters. The maximum absolute atomic E-state index is 12.4. The quantitative estimate of drug-likeness (QED) is 0.852. The van der Waals surface area contributed by atoms with Gasteiger partial charge >= 0.3 is 12.1 Å². The normalized spacial score (nSPS) is 25.9. The van der Waals surface area contributed by atoms with E-state index in [9.17, 15) is 9.59 Å². The van der Waals surface area contributed by atoms with E-state index in [4.69, 9.17) is 9.47 Å². The van der Waals surface area contributed by atoms with Gasteiger partial charge in [-0.2, -0.15) is 0 Å². The molecular weight excluding hydrogens is 308 g/mol. The Balaban J connectivity index is 1.58. The van der Waals surface area contributed by atoms with Crippen molar-refractivity contribution in [2.75, 3.05) is 32.8 Å². The maximum Gasteiger partial charge on any atom is 0.410 e. The van der Waals surface area contributed by atoms with Crippen molar-refractivity contribution in [1.82, 2.24) is 10.2 Å². The van der Waals surface area contributed by atoms with E-state index in [0.29, 0.717) is 32.7 Å². The van der Waals surface area contributed by atoms with Crippen molar-refractivity contribution in [2.45, 2.75) is 20.0 Å². The molecule has 24 heavy (non-hydrogen) atoms. The Hall–Kier alpha value is -2.08. The summed E-state index contributed by atoms with van der Waals surface area (Å²) in [6, 6.07) is 9.62. The van der Waals surface area contributed by atoms with Gasteiger partial charge in [-0.3, -0.25) is 4.79 Å². The summed E-state index contributed by atoms with van der Waals surface area (Å²) < 4.78 is 10.7. The van der Waals surface area contributed by atoms with Crippen LogP contribution in [0.1, 0.15) is 18.9 Å². The highest BCUT2D eigenvalue weighted by atomic mass is 16.6. The van der Waals surface area contributed by atoms with Crippen LogP contribution in [0.2, 0.25) is 0 Å². The zero-order valence-corrected chi connectivity index (χ0v) is 14.0. The monoisotopic (exact) mass is 332 g/mol. The van der Waals surface area contributed by atoms with E-state index in [2.05, 4.69) is 5.32 Å². The van der Waals surface area contributed by atoms with Gasteiger partial charge in [0.2, 0.25) is 0 Å². The summed E-state index contributed by atoms with van der Waals surface area (Å²) >= 11 is 0. The predicted octanol–water partition coefficient (Wildman–Crippen LogP) is 1.80.